The van der Waals surface area contributed by atoms with Gasteiger partial charge in [0.2, 0.25) is 11.8 Å². The van der Waals surface area contributed by atoms with Crippen molar-refractivity contribution in [3.05, 3.63) is 35.9 Å². The van der Waals surface area contributed by atoms with E-state index in [1.807, 2.05) is 0 Å². The average Bonchev–Trinajstić information content (AvgIpc) is 2.61. The number of amides is 3. The van der Waals surface area contributed by atoms with Crippen molar-refractivity contribution in [2.75, 3.05) is 47.3 Å². The molecule has 2 saturated heterocycles. The molecule has 1 aromatic carbocycles. The van der Waals surface area contributed by atoms with E-state index in [-0.39, 0.29) is 39.3 Å². The van der Waals surface area contributed by atoms with E-state index in [2.05, 4.69) is 42.7 Å². The molecule has 27 heavy (non-hydrogen) atoms. The van der Waals surface area contributed by atoms with Gasteiger partial charge in [0.05, 0.1) is 27.2 Å². The zero-order valence-corrected chi connectivity index (χ0v) is 19.1. The van der Waals surface area contributed by atoms with Crippen molar-refractivity contribution in [1.29, 1.82) is 0 Å². The molecule has 2 aliphatic rings. The topological polar surface area (TPSA) is 78.5 Å². The number of hydrogen-bond acceptors (Lipinski definition) is 4. The normalized spacial score (nSPS) is 21.8. The SMILES string of the molecule is CN1CC[N+](C)(C)CC1.O=C1CCC(NC(=O)c2[c-]cccc2)C(=O)N1.[W]. The van der Waals surface area contributed by atoms with Gasteiger partial charge in [0.25, 0.3) is 0 Å². The molecule has 0 saturated carbocycles. The molecule has 8 heteroatoms. The number of nitrogens with zero attached hydrogens (tertiary/aromatic N) is 2. The van der Waals surface area contributed by atoms with Crippen molar-refractivity contribution in [3.63, 3.8) is 0 Å². The van der Waals surface area contributed by atoms with Crippen LogP contribution in [0.15, 0.2) is 24.3 Å². The molecule has 2 heterocycles. The smallest absolute Gasteiger partial charge is 0.248 e. The van der Waals surface area contributed by atoms with Crippen LogP contribution < -0.4 is 10.6 Å². The minimum atomic E-state index is -0.645. The summed E-state index contributed by atoms with van der Waals surface area (Å²) in [6.07, 6.45) is 0.582. The van der Waals surface area contributed by atoms with Crippen LogP contribution in [0.1, 0.15) is 23.2 Å². The summed E-state index contributed by atoms with van der Waals surface area (Å²) in [5.74, 6) is -1.11. The van der Waals surface area contributed by atoms with Crippen LogP contribution in [0.5, 0.6) is 0 Å². The van der Waals surface area contributed by atoms with Crippen LogP contribution in [-0.4, -0.2) is 80.5 Å². The minimum absolute atomic E-state index is 0. The predicted octanol–water partition coefficient (Wildman–Crippen LogP) is 0.0275. The van der Waals surface area contributed by atoms with Gasteiger partial charge in [0.1, 0.15) is 6.04 Å². The molecular weight excluding hydrogens is 516 g/mol. The Morgan fingerprint density at radius 3 is 2.44 bits per heavy atom. The van der Waals surface area contributed by atoms with Gasteiger partial charge in [-0.2, -0.15) is 0 Å². The molecule has 1 aromatic rings. The maximum absolute atomic E-state index is 11.7. The van der Waals surface area contributed by atoms with Crippen LogP contribution in [0.2, 0.25) is 0 Å². The number of nitrogens with one attached hydrogen (secondary N) is 2. The van der Waals surface area contributed by atoms with E-state index in [4.69, 9.17) is 0 Å². The van der Waals surface area contributed by atoms with Gasteiger partial charge < -0.3 is 14.6 Å². The Bertz CT molecular complexity index is 642. The number of likely N-dealkylation sites (N-methyl/N-ethyl adjacent to an activating group) is 2. The number of rotatable bonds is 2. The van der Waals surface area contributed by atoms with Gasteiger partial charge in [-0.05, 0) is 13.5 Å². The van der Waals surface area contributed by atoms with Gasteiger partial charge in [0.15, 0.2) is 5.91 Å². The monoisotopic (exact) mass is 544 g/mol. The number of hydrogen-bond donors (Lipinski definition) is 2. The third-order valence-corrected chi connectivity index (χ3v) is 4.67. The van der Waals surface area contributed by atoms with E-state index in [0.29, 0.717) is 12.0 Å². The molecular formula is C19H28N4O3W. The summed E-state index contributed by atoms with van der Waals surface area (Å²) in [5.41, 5.74) is 0.372. The Balaban J connectivity index is 0.000000310. The van der Waals surface area contributed by atoms with Gasteiger partial charge in [0, 0.05) is 40.6 Å². The summed E-state index contributed by atoms with van der Waals surface area (Å²) in [6, 6.07) is 8.83. The Labute approximate surface area is 175 Å². The van der Waals surface area contributed by atoms with Crippen molar-refractivity contribution in [1.82, 2.24) is 15.5 Å². The zero-order chi connectivity index (χ0) is 19.2. The number of imide groups is 1. The van der Waals surface area contributed by atoms with Crippen LogP contribution in [0, 0.1) is 6.07 Å². The molecule has 0 bridgehead atoms. The number of carbonyl (C=O) groups is 3. The van der Waals surface area contributed by atoms with Gasteiger partial charge >= 0.3 is 0 Å². The fourth-order valence-corrected chi connectivity index (χ4v) is 2.71. The number of benzene rings is 1. The van der Waals surface area contributed by atoms with Crippen LogP contribution in [0.4, 0.5) is 0 Å². The van der Waals surface area contributed by atoms with Crippen LogP contribution >= 0.6 is 0 Å². The van der Waals surface area contributed by atoms with E-state index >= 15 is 0 Å². The van der Waals surface area contributed by atoms with Crippen molar-refractivity contribution in [3.8, 4) is 0 Å². The second-order valence-electron chi connectivity index (χ2n) is 7.44. The molecule has 0 radical (unpaired) electrons. The predicted molar refractivity (Wildman–Crippen MR) is 98.3 cm³/mol. The molecule has 1 unspecified atom stereocenters. The molecule has 3 amide bonds. The van der Waals surface area contributed by atoms with Crippen molar-refractivity contribution in [2.45, 2.75) is 18.9 Å². The molecule has 1 atom stereocenters. The molecule has 2 aliphatic heterocycles. The maximum Gasteiger partial charge on any atom is 0.248 e. The number of quaternary nitrogens is 1. The number of piperazine rings is 1. The summed E-state index contributed by atoms with van der Waals surface area (Å²) in [6.45, 7) is 5.12. The Morgan fingerprint density at radius 2 is 1.93 bits per heavy atom. The summed E-state index contributed by atoms with van der Waals surface area (Å²) in [4.78, 5) is 36.5. The van der Waals surface area contributed by atoms with Crippen molar-refractivity contribution in [2.24, 2.45) is 0 Å². The number of carbonyl (C=O) groups excluding carboxylic acids is 3. The summed E-state index contributed by atoms with van der Waals surface area (Å²) in [7, 11) is 6.79. The molecule has 2 fully saturated rings. The van der Waals surface area contributed by atoms with Crippen LogP contribution in [0.25, 0.3) is 0 Å². The van der Waals surface area contributed by atoms with Gasteiger partial charge in [-0.1, -0.05) is 5.56 Å². The van der Waals surface area contributed by atoms with Gasteiger partial charge in [-0.15, -0.1) is 30.3 Å². The standard InChI is InChI=1S/C12H11N2O3.C7H17N2.W/c15-10-7-6-9(12(17)14-10)13-11(16)8-4-2-1-3-5-8;1-8-4-6-9(2,3)7-5-8;/h1-4,9H,6-7H2,(H,13,16)(H,14,15,17);4-7H2,1-3H3;/q-1;+1;. The Morgan fingerprint density at radius 1 is 1.26 bits per heavy atom. The van der Waals surface area contributed by atoms with Crippen LogP contribution in [0.3, 0.4) is 0 Å². The summed E-state index contributed by atoms with van der Waals surface area (Å²) < 4.78 is 1.20. The van der Waals surface area contributed by atoms with E-state index in [0.717, 1.165) is 0 Å². The fourth-order valence-electron chi connectivity index (χ4n) is 2.71. The third kappa shape index (κ3) is 7.91. The van der Waals surface area contributed by atoms with Crippen molar-refractivity contribution >= 4 is 17.7 Å². The minimum Gasteiger partial charge on any atom is -0.381 e. The molecule has 148 valence electrons. The maximum atomic E-state index is 11.7. The first kappa shape index (κ1) is 23.5. The Hall–Kier alpha value is -1.56. The zero-order valence-electron chi connectivity index (χ0n) is 16.2. The van der Waals surface area contributed by atoms with E-state index in [1.54, 1.807) is 24.3 Å². The number of piperidine rings is 1. The molecule has 0 aliphatic carbocycles. The first-order valence-corrected chi connectivity index (χ1v) is 8.89. The summed E-state index contributed by atoms with van der Waals surface area (Å²) >= 11 is 0. The quantitative estimate of drug-likeness (QED) is 0.313. The van der Waals surface area contributed by atoms with Gasteiger partial charge in [-0.3, -0.25) is 19.8 Å². The van der Waals surface area contributed by atoms with E-state index < -0.39 is 11.9 Å². The first-order valence-electron chi connectivity index (χ1n) is 8.89. The third-order valence-electron chi connectivity index (χ3n) is 4.67. The molecule has 2 N–H and O–H groups in total. The van der Waals surface area contributed by atoms with E-state index in [9.17, 15) is 14.4 Å². The second-order valence-corrected chi connectivity index (χ2v) is 7.44. The fraction of sp³-hybridized carbons (Fsp3) is 0.526. The van der Waals surface area contributed by atoms with Crippen LogP contribution in [-0.2, 0) is 30.7 Å². The van der Waals surface area contributed by atoms with Gasteiger partial charge in [-0.25, -0.2) is 0 Å². The molecule has 0 spiro atoms. The molecule has 0 aromatic heterocycles. The van der Waals surface area contributed by atoms with Crippen molar-refractivity contribution < 1.29 is 39.9 Å². The summed E-state index contributed by atoms with van der Waals surface area (Å²) in [5, 5.41) is 4.75. The first-order chi connectivity index (χ1) is 12.3. The average molecular weight is 544 g/mol. The second kappa shape index (κ2) is 10.7. The Kier molecular flexibility index (Phi) is 9.30. The van der Waals surface area contributed by atoms with E-state index in [1.165, 1.54) is 30.7 Å². The molecule has 7 nitrogen and oxygen atoms in total. The molecule has 3 rings (SSSR count). The largest absolute Gasteiger partial charge is 0.381 e.